The molecule has 0 aliphatic heterocycles. The fourth-order valence-corrected chi connectivity index (χ4v) is 5.16. The van der Waals surface area contributed by atoms with Gasteiger partial charge in [-0.15, -0.1) is 0 Å². The normalized spacial score (nSPS) is 14.7. The fraction of sp³-hybridized carbons (Fsp3) is 0.381. The molecule has 1 saturated carbocycles. The predicted molar refractivity (Wildman–Crippen MR) is 120 cm³/mol. The molecule has 1 aliphatic rings. The maximum Gasteiger partial charge on any atom is 0.261 e. The van der Waals surface area contributed by atoms with Crippen molar-refractivity contribution in [2.24, 2.45) is 0 Å². The van der Waals surface area contributed by atoms with Gasteiger partial charge in [-0.25, -0.2) is 8.42 Å². The standard InChI is InChI=1S/C21H27N3O2S2/c1-14-12-15(2)20(16(3)13-14)24-28(25,26)19-10-8-18(9-11-19)23-21(27)22-17-6-4-5-7-17/h8-13,17,24H,4-7H2,1-3H3,(H2,22,23,27). The Labute approximate surface area is 173 Å². The first-order valence-electron chi connectivity index (χ1n) is 9.53. The molecule has 7 heteroatoms. The van der Waals surface area contributed by atoms with Gasteiger partial charge in [-0.2, -0.15) is 0 Å². The molecule has 0 atom stereocenters. The smallest absolute Gasteiger partial charge is 0.261 e. The number of hydrogen-bond acceptors (Lipinski definition) is 3. The average molecular weight is 418 g/mol. The van der Waals surface area contributed by atoms with Gasteiger partial charge in [0.2, 0.25) is 0 Å². The van der Waals surface area contributed by atoms with Crippen LogP contribution in [0.25, 0.3) is 0 Å². The van der Waals surface area contributed by atoms with Crippen LogP contribution in [0.1, 0.15) is 42.4 Å². The monoisotopic (exact) mass is 417 g/mol. The molecular formula is C21H27N3O2S2. The highest BCUT2D eigenvalue weighted by Crippen LogP contribution is 2.25. The maximum absolute atomic E-state index is 12.8. The first kappa shape index (κ1) is 20.6. The Morgan fingerprint density at radius 2 is 1.57 bits per heavy atom. The zero-order valence-corrected chi connectivity index (χ0v) is 18.1. The quantitative estimate of drug-likeness (QED) is 0.618. The number of nitrogens with one attached hydrogen (secondary N) is 3. The summed E-state index contributed by atoms with van der Waals surface area (Å²) >= 11 is 5.35. The average Bonchev–Trinajstić information content (AvgIpc) is 3.11. The second-order valence-electron chi connectivity index (χ2n) is 7.48. The summed E-state index contributed by atoms with van der Waals surface area (Å²) in [5.74, 6) is 0. The van der Waals surface area contributed by atoms with E-state index < -0.39 is 10.0 Å². The largest absolute Gasteiger partial charge is 0.360 e. The Morgan fingerprint density at radius 1 is 1.00 bits per heavy atom. The molecular weight excluding hydrogens is 390 g/mol. The highest BCUT2D eigenvalue weighted by Gasteiger charge is 2.18. The third kappa shape index (κ3) is 5.02. The number of thiocarbonyl (C=S) groups is 1. The van der Waals surface area contributed by atoms with Gasteiger partial charge in [-0.1, -0.05) is 30.5 Å². The van der Waals surface area contributed by atoms with Crippen LogP contribution in [0.2, 0.25) is 0 Å². The van der Waals surface area contributed by atoms with Crippen LogP contribution >= 0.6 is 12.2 Å². The number of aryl methyl sites for hydroxylation is 3. The first-order valence-corrected chi connectivity index (χ1v) is 11.4. The summed E-state index contributed by atoms with van der Waals surface area (Å²) in [4.78, 5) is 0.215. The molecule has 0 bridgehead atoms. The van der Waals surface area contributed by atoms with Crippen molar-refractivity contribution < 1.29 is 8.42 Å². The zero-order chi connectivity index (χ0) is 20.3. The first-order chi connectivity index (χ1) is 13.2. The number of anilines is 2. The van der Waals surface area contributed by atoms with Crippen LogP contribution in [0.5, 0.6) is 0 Å². The van der Waals surface area contributed by atoms with Gasteiger partial charge in [0.1, 0.15) is 0 Å². The van der Waals surface area contributed by atoms with Crippen molar-refractivity contribution in [3.05, 3.63) is 53.1 Å². The maximum atomic E-state index is 12.8. The van der Waals surface area contributed by atoms with E-state index in [1.165, 1.54) is 12.8 Å². The summed E-state index contributed by atoms with van der Waals surface area (Å²) < 4.78 is 28.3. The lowest BCUT2D eigenvalue weighted by atomic mass is 10.1. The van der Waals surface area contributed by atoms with Gasteiger partial charge < -0.3 is 10.6 Å². The van der Waals surface area contributed by atoms with Gasteiger partial charge in [0.05, 0.1) is 10.6 Å². The number of rotatable bonds is 5. The van der Waals surface area contributed by atoms with E-state index in [-0.39, 0.29) is 4.90 Å². The van der Waals surface area contributed by atoms with Gasteiger partial charge in [0.15, 0.2) is 5.11 Å². The van der Waals surface area contributed by atoms with E-state index in [4.69, 9.17) is 12.2 Å². The van der Waals surface area contributed by atoms with Crippen LogP contribution in [0.15, 0.2) is 41.3 Å². The third-order valence-corrected chi connectivity index (χ3v) is 6.61. The summed E-state index contributed by atoms with van der Waals surface area (Å²) in [7, 11) is -3.66. The van der Waals surface area contributed by atoms with Crippen molar-refractivity contribution in [2.75, 3.05) is 10.0 Å². The number of sulfonamides is 1. The Morgan fingerprint density at radius 3 is 2.14 bits per heavy atom. The molecule has 1 aliphatic carbocycles. The summed E-state index contributed by atoms with van der Waals surface area (Å²) in [5.41, 5.74) is 4.31. The minimum absolute atomic E-state index is 0.215. The van der Waals surface area contributed by atoms with Crippen molar-refractivity contribution in [3.63, 3.8) is 0 Å². The van der Waals surface area contributed by atoms with Crippen LogP contribution in [0.4, 0.5) is 11.4 Å². The molecule has 3 rings (SSSR count). The highest BCUT2D eigenvalue weighted by molar-refractivity contribution is 7.92. The SMILES string of the molecule is Cc1cc(C)c(NS(=O)(=O)c2ccc(NC(=S)NC3CCCC3)cc2)c(C)c1. The molecule has 0 aromatic heterocycles. The van der Waals surface area contributed by atoms with Crippen LogP contribution in [0, 0.1) is 20.8 Å². The Kier molecular flexibility index (Phi) is 6.25. The van der Waals surface area contributed by atoms with E-state index in [1.807, 2.05) is 32.9 Å². The van der Waals surface area contributed by atoms with Gasteiger partial charge in [0, 0.05) is 11.7 Å². The molecule has 28 heavy (non-hydrogen) atoms. The Bertz CT molecular complexity index is 941. The molecule has 0 heterocycles. The van der Waals surface area contributed by atoms with E-state index >= 15 is 0 Å². The molecule has 2 aromatic rings. The minimum Gasteiger partial charge on any atom is -0.360 e. The fourth-order valence-electron chi connectivity index (χ4n) is 3.67. The topological polar surface area (TPSA) is 70.2 Å². The van der Waals surface area contributed by atoms with Gasteiger partial charge in [-0.05, 0) is 81.2 Å². The van der Waals surface area contributed by atoms with Crippen LogP contribution in [0.3, 0.4) is 0 Å². The zero-order valence-electron chi connectivity index (χ0n) is 16.5. The Hall–Kier alpha value is -2.12. The summed E-state index contributed by atoms with van der Waals surface area (Å²) in [6.07, 6.45) is 4.75. The van der Waals surface area contributed by atoms with Crippen molar-refractivity contribution in [1.29, 1.82) is 0 Å². The molecule has 0 spiro atoms. The van der Waals surface area contributed by atoms with Crippen molar-refractivity contribution in [2.45, 2.75) is 57.4 Å². The molecule has 1 fully saturated rings. The molecule has 0 saturated heterocycles. The highest BCUT2D eigenvalue weighted by atomic mass is 32.2. The third-order valence-electron chi connectivity index (χ3n) is 5.03. The lowest BCUT2D eigenvalue weighted by Crippen LogP contribution is -2.35. The summed E-state index contributed by atoms with van der Waals surface area (Å²) in [6.45, 7) is 5.81. The van der Waals surface area contributed by atoms with E-state index in [1.54, 1.807) is 24.3 Å². The lowest BCUT2D eigenvalue weighted by molar-refractivity contribution is 0.601. The Balaban J connectivity index is 1.69. The van der Waals surface area contributed by atoms with Crippen molar-refractivity contribution in [3.8, 4) is 0 Å². The van der Waals surface area contributed by atoms with E-state index in [0.717, 1.165) is 35.2 Å². The van der Waals surface area contributed by atoms with E-state index in [2.05, 4.69) is 15.4 Å². The van der Waals surface area contributed by atoms with Crippen LogP contribution < -0.4 is 15.4 Å². The van der Waals surface area contributed by atoms with Gasteiger partial charge in [0.25, 0.3) is 10.0 Å². The lowest BCUT2D eigenvalue weighted by Gasteiger charge is -2.16. The van der Waals surface area contributed by atoms with Crippen LogP contribution in [-0.4, -0.2) is 19.6 Å². The number of hydrogen-bond donors (Lipinski definition) is 3. The van der Waals surface area contributed by atoms with Gasteiger partial charge >= 0.3 is 0 Å². The second kappa shape index (κ2) is 8.49. The molecule has 3 N–H and O–H groups in total. The molecule has 2 aromatic carbocycles. The molecule has 150 valence electrons. The predicted octanol–water partition coefficient (Wildman–Crippen LogP) is 4.64. The van der Waals surface area contributed by atoms with E-state index in [0.29, 0.717) is 16.8 Å². The molecule has 0 unspecified atom stereocenters. The van der Waals surface area contributed by atoms with Crippen molar-refractivity contribution in [1.82, 2.24) is 5.32 Å². The van der Waals surface area contributed by atoms with E-state index in [9.17, 15) is 8.42 Å². The van der Waals surface area contributed by atoms with Crippen molar-refractivity contribution >= 4 is 38.7 Å². The summed E-state index contributed by atoms with van der Waals surface area (Å²) in [6, 6.07) is 11.0. The van der Waals surface area contributed by atoms with Crippen LogP contribution in [-0.2, 0) is 10.0 Å². The number of benzene rings is 2. The molecule has 0 radical (unpaired) electrons. The second-order valence-corrected chi connectivity index (χ2v) is 9.57. The molecule has 5 nitrogen and oxygen atoms in total. The molecule has 0 amide bonds. The minimum atomic E-state index is -3.66. The van der Waals surface area contributed by atoms with Gasteiger partial charge in [-0.3, -0.25) is 4.72 Å². The summed E-state index contributed by atoms with van der Waals surface area (Å²) in [5, 5.41) is 7.01.